The van der Waals surface area contributed by atoms with Gasteiger partial charge in [0.15, 0.2) is 5.17 Å². The highest BCUT2D eigenvalue weighted by molar-refractivity contribution is 9.10. The van der Waals surface area contributed by atoms with Crippen LogP contribution in [-0.4, -0.2) is 22.6 Å². The normalized spacial score (nSPS) is 26.0. The van der Waals surface area contributed by atoms with Crippen LogP contribution >= 0.6 is 27.7 Å². The van der Waals surface area contributed by atoms with Crippen molar-refractivity contribution in [2.24, 2.45) is 10.9 Å². The number of aliphatic imine (C=N–C) groups is 1. The van der Waals surface area contributed by atoms with E-state index in [-0.39, 0.29) is 5.82 Å². The molecule has 0 aromatic heterocycles. The van der Waals surface area contributed by atoms with Gasteiger partial charge in [-0.1, -0.05) is 34.1 Å². The molecule has 1 aromatic carbocycles. The third-order valence-electron chi connectivity index (χ3n) is 4.48. The van der Waals surface area contributed by atoms with Crippen LogP contribution in [0.15, 0.2) is 27.7 Å². The van der Waals surface area contributed by atoms with Gasteiger partial charge in [0.1, 0.15) is 11.4 Å². The van der Waals surface area contributed by atoms with Crippen molar-refractivity contribution in [3.63, 3.8) is 0 Å². The zero-order chi connectivity index (χ0) is 18.2. The lowest BCUT2D eigenvalue weighted by Crippen LogP contribution is -2.41. The number of hydrogen-bond donors (Lipinski definition) is 1. The Kier molecular flexibility index (Phi) is 5.17. The van der Waals surface area contributed by atoms with E-state index in [1.165, 1.54) is 17.8 Å². The lowest BCUT2D eigenvalue weighted by Gasteiger charge is -2.36. The Bertz CT molecular complexity index is 699. The molecule has 1 fully saturated rings. The third kappa shape index (κ3) is 4.19. The monoisotopic (exact) mass is 428 g/mol. The quantitative estimate of drug-likeness (QED) is 0.667. The number of benzene rings is 1. The fourth-order valence-corrected chi connectivity index (χ4v) is 5.18. The van der Waals surface area contributed by atoms with Crippen LogP contribution in [0, 0.1) is 11.7 Å². The molecule has 0 radical (unpaired) electrons. The first-order valence-corrected chi connectivity index (χ1v) is 10.1. The zero-order valence-corrected chi connectivity index (χ0v) is 17.0. The number of nitrogens with one attached hydrogen (secondary N) is 1. The number of carbonyl (C=O) groups excluding carboxylic acids is 1. The summed E-state index contributed by atoms with van der Waals surface area (Å²) in [5, 5.41) is 3.31. The van der Waals surface area contributed by atoms with Crippen molar-refractivity contribution in [2.45, 2.75) is 51.2 Å². The molecule has 1 aliphatic heterocycles. The number of amidine groups is 1. The number of rotatable bonds is 1. The number of amides is 1. The number of ether oxygens (including phenoxy) is 1. The molecular formula is C18H22BrFN2O2S. The Balaban J connectivity index is 1.91. The van der Waals surface area contributed by atoms with E-state index in [4.69, 9.17) is 9.73 Å². The van der Waals surface area contributed by atoms with Crippen molar-refractivity contribution in [1.29, 1.82) is 0 Å². The molecule has 2 atom stereocenters. The van der Waals surface area contributed by atoms with Gasteiger partial charge in [-0.2, -0.15) is 0 Å². The average molecular weight is 429 g/mol. The first kappa shape index (κ1) is 18.7. The molecule has 25 heavy (non-hydrogen) atoms. The summed E-state index contributed by atoms with van der Waals surface area (Å²) in [6, 6.07) is 4.95. The molecule has 4 nitrogen and oxygen atoms in total. The molecule has 7 heteroatoms. The van der Waals surface area contributed by atoms with E-state index in [1.54, 1.807) is 6.07 Å². The molecule has 136 valence electrons. The smallest absolute Gasteiger partial charge is 0.413 e. The van der Waals surface area contributed by atoms with Crippen LogP contribution in [-0.2, 0) is 10.3 Å². The predicted octanol–water partition coefficient (Wildman–Crippen LogP) is 5.21. The molecule has 2 aliphatic rings. The number of halogens is 2. The summed E-state index contributed by atoms with van der Waals surface area (Å²) in [6.45, 7) is 5.46. The van der Waals surface area contributed by atoms with E-state index in [0.717, 1.165) is 30.6 Å². The van der Waals surface area contributed by atoms with Crippen molar-refractivity contribution in [3.05, 3.63) is 34.1 Å². The number of alkyl carbamates (subject to hydrolysis) is 1. The van der Waals surface area contributed by atoms with Crippen molar-refractivity contribution >= 4 is 39.0 Å². The van der Waals surface area contributed by atoms with Crippen molar-refractivity contribution < 1.29 is 13.9 Å². The van der Waals surface area contributed by atoms with E-state index in [2.05, 4.69) is 21.2 Å². The summed E-state index contributed by atoms with van der Waals surface area (Å²) < 4.78 is 20.0. The molecule has 1 amide bonds. The Morgan fingerprint density at radius 1 is 1.44 bits per heavy atom. The molecule has 1 heterocycles. The van der Waals surface area contributed by atoms with Crippen LogP contribution in [0.5, 0.6) is 0 Å². The van der Waals surface area contributed by atoms with E-state index < -0.39 is 17.2 Å². The molecule has 1 aliphatic carbocycles. The Morgan fingerprint density at radius 2 is 2.20 bits per heavy atom. The van der Waals surface area contributed by atoms with Gasteiger partial charge in [0.05, 0.1) is 5.54 Å². The summed E-state index contributed by atoms with van der Waals surface area (Å²) >= 11 is 4.91. The van der Waals surface area contributed by atoms with E-state index in [9.17, 15) is 9.18 Å². The molecule has 1 saturated carbocycles. The van der Waals surface area contributed by atoms with Gasteiger partial charge in [0.25, 0.3) is 0 Å². The molecular weight excluding hydrogens is 407 g/mol. The summed E-state index contributed by atoms with van der Waals surface area (Å²) in [7, 11) is 0. The Labute approximate surface area is 160 Å². The van der Waals surface area contributed by atoms with Crippen LogP contribution in [0.3, 0.4) is 0 Å². The van der Waals surface area contributed by atoms with Crippen molar-refractivity contribution in [1.82, 2.24) is 5.32 Å². The number of fused-ring (bicyclic) bond motifs is 1. The minimum Gasteiger partial charge on any atom is -0.444 e. The second-order valence-electron chi connectivity index (χ2n) is 7.53. The fraction of sp³-hybridized carbons (Fsp3) is 0.556. The molecule has 1 aromatic rings. The minimum atomic E-state index is -0.565. The Hall–Kier alpha value is -1.08. The summed E-state index contributed by atoms with van der Waals surface area (Å²) in [6.07, 6.45) is 2.45. The number of hydrogen-bond acceptors (Lipinski definition) is 4. The number of carbonyl (C=O) groups is 1. The first-order chi connectivity index (χ1) is 11.7. The molecule has 0 saturated heterocycles. The van der Waals surface area contributed by atoms with Crippen molar-refractivity contribution in [2.75, 3.05) is 5.75 Å². The highest BCUT2D eigenvalue weighted by atomic mass is 79.9. The minimum absolute atomic E-state index is 0.278. The number of nitrogens with zero attached hydrogens (tertiary/aromatic N) is 1. The lowest BCUT2D eigenvalue weighted by atomic mass is 9.81. The molecule has 0 spiro atoms. The SMILES string of the molecule is CC(C)(C)OC(=O)NC1=N[C@@]2(c3cc(F)cc(Br)c3)CCC[C@H]2CS1. The van der Waals surface area contributed by atoms with Crippen LogP contribution in [0.2, 0.25) is 0 Å². The van der Waals surface area contributed by atoms with Gasteiger partial charge in [-0.25, -0.2) is 9.18 Å². The fourth-order valence-electron chi connectivity index (χ4n) is 3.53. The molecule has 3 rings (SSSR count). The molecule has 0 bridgehead atoms. The Morgan fingerprint density at radius 3 is 2.88 bits per heavy atom. The van der Waals surface area contributed by atoms with Gasteiger partial charge in [-0.15, -0.1) is 0 Å². The third-order valence-corrected chi connectivity index (χ3v) is 5.97. The van der Waals surface area contributed by atoms with Gasteiger partial charge in [-0.05, 0) is 63.3 Å². The maximum Gasteiger partial charge on any atom is 0.413 e. The first-order valence-electron chi connectivity index (χ1n) is 8.37. The summed E-state index contributed by atoms with van der Waals surface area (Å²) in [5.74, 6) is 0.915. The van der Waals surface area contributed by atoms with E-state index in [1.807, 2.05) is 26.8 Å². The second kappa shape index (κ2) is 6.91. The molecule has 0 unspecified atom stereocenters. The zero-order valence-electron chi connectivity index (χ0n) is 14.6. The summed E-state index contributed by atoms with van der Waals surface area (Å²) in [4.78, 5) is 17.0. The van der Waals surface area contributed by atoms with Gasteiger partial charge in [0, 0.05) is 10.2 Å². The van der Waals surface area contributed by atoms with E-state index >= 15 is 0 Å². The van der Waals surface area contributed by atoms with E-state index in [0.29, 0.717) is 15.6 Å². The van der Waals surface area contributed by atoms with Crippen LogP contribution in [0.1, 0.15) is 45.6 Å². The maximum atomic E-state index is 14.0. The second-order valence-corrected chi connectivity index (χ2v) is 9.45. The summed E-state index contributed by atoms with van der Waals surface area (Å²) in [5.41, 5.74) is -0.170. The lowest BCUT2D eigenvalue weighted by molar-refractivity contribution is 0.0564. The topological polar surface area (TPSA) is 50.7 Å². The highest BCUT2D eigenvalue weighted by Crippen LogP contribution is 2.51. The largest absolute Gasteiger partial charge is 0.444 e. The van der Waals surface area contributed by atoms with Gasteiger partial charge >= 0.3 is 6.09 Å². The van der Waals surface area contributed by atoms with Crippen LogP contribution in [0.4, 0.5) is 9.18 Å². The maximum absolute atomic E-state index is 14.0. The predicted molar refractivity (Wildman–Crippen MR) is 102 cm³/mol. The van der Waals surface area contributed by atoms with Gasteiger partial charge in [0.2, 0.25) is 0 Å². The van der Waals surface area contributed by atoms with Crippen LogP contribution < -0.4 is 5.32 Å². The van der Waals surface area contributed by atoms with Crippen LogP contribution in [0.25, 0.3) is 0 Å². The highest BCUT2D eigenvalue weighted by Gasteiger charge is 2.47. The average Bonchev–Trinajstić information content (AvgIpc) is 2.88. The van der Waals surface area contributed by atoms with Crippen molar-refractivity contribution in [3.8, 4) is 0 Å². The number of thioether (sulfide) groups is 1. The van der Waals surface area contributed by atoms with Gasteiger partial charge < -0.3 is 4.74 Å². The van der Waals surface area contributed by atoms with Gasteiger partial charge in [-0.3, -0.25) is 10.3 Å². The molecule has 1 N–H and O–H groups in total. The standard InChI is InChI=1S/C18H22BrFN2O2S/c1-17(2,3)24-16(23)21-15-22-18(6-4-5-11(18)10-25-15)12-7-13(19)9-14(20)8-12/h7-9,11H,4-6,10H2,1-3H3,(H,21,22,23)/t11-,18-/m0/s1.